The Hall–Kier alpha value is -3.86. The first-order chi connectivity index (χ1) is 17.9. The number of carbonyl (C=O) groups is 2. The van der Waals surface area contributed by atoms with Crippen molar-refractivity contribution in [1.29, 1.82) is 0 Å². The number of hydrogen-bond acceptors (Lipinski definition) is 9. The molecule has 1 amide bonds. The Labute approximate surface area is 219 Å². The van der Waals surface area contributed by atoms with Crippen LogP contribution in [0.4, 0.5) is 11.5 Å². The van der Waals surface area contributed by atoms with Gasteiger partial charge in [0.1, 0.15) is 17.6 Å². The first kappa shape index (κ1) is 24.8. The fraction of sp³-hybridized carbons (Fsp3) is 0.385. The zero-order valence-corrected chi connectivity index (χ0v) is 21.8. The van der Waals surface area contributed by atoms with Crippen molar-refractivity contribution in [2.75, 3.05) is 57.7 Å². The first-order valence-electron chi connectivity index (χ1n) is 12.1. The Balaban J connectivity index is 1.24. The van der Waals surface area contributed by atoms with E-state index in [1.807, 2.05) is 29.2 Å². The lowest BCUT2D eigenvalue weighted by molar-refractivity contribution is -0.131. The van der Waals surface area contributed by atoms with Gasteiger partial charge >= 0.3 is 0 Å². The standard InChI is InChI=1S/C26H29N5O5S/c1-34-17-6-4-5-16(13-17)29-9-11-30(12-10-29)23(32)8-7-19-25(33)31-24(27-19)18-14-21(35-2)22(36-3)15-20(18)28-26(31)37/h4-6,13-15,19,27H,7-12H2,1-3H3/t19-/m1/s1. The van der Waals surface area contributed by atoms with Crippen LogP contribution in [0.15, 0.2) is 36.4 Å². The third kappa shape index (κ3) is 4.66. The zero-order chi connectivity index (χ0) is 26.1. The lowest BCUT2D eigenvalue weighted by Gasteiger charge is -2.36. The number of carbonyl (C=O) groups excluding carboxylic acids is 2. The monoisotopic (exact) mass is 523 g/mol. The van der Waals surface area contributed by atoms with Crippen LogP contribution in [0.1, 0.15) is 17.6 Å². The molecular formula is C26H29N5O5S. The number of nitrogens with zero attached hydrogens (tertiary/aromatic N) is 4. The molecule has 0 bridgehead atoms. The summed E-state index contributed by atoms with van der Waals surface area (Å²) in [7, 11) is 4.75. The van der Waals surface area contributed by atoms with Crippen molar-refractivity contribution in [2.45, 2.75) is 18.9 Å². The van der Waals surface area contributed by atoms with Crippen LogP contribution in [-0.4, -0.2) is 79.8 Å². The Morgan fingerprint density at radius 1 is 1.05 bits per heavy atom. The number of hydrogen-bond donors (Lipinski definition) is 1. The summed E-state index contributed by atoms with van der Waals surface area (Å²) in [6.07, 6.45) is 0.616. The van der Waals surface area contributed by atoms with Gasteiger partial charge in [-0.05, 0) is 36.8 Å². The fourth-order valence-electron chi connectivity index (χ4n) is 4.89. The van der Waals surface area contributed by atoms with Crippen molar-refractivity contribution < 1.29 is 23.8 Å². The summed E-state index contributed by atoms with van der Waals surface area (Å²) in [6, 6.07) is 10.9. The summed E-state index contributed by atoms with van der Waals surface area (Å²) in [5, 5.41) is 3.97. The summed E-state index contributed by atoms with van der Waals surface area (Å²) in [5.74, 6) is 2.25. The third-order valence-electron chi connectivity index (χ3n) is 6.92. The number of nitrogens with one attached hydrogen (secondary N) is 1. The van der Waals surface area contributed by atoms with E-state index in [9.17, 15) is 9.59 Å². The van der Waals surface area contributed by atoms with E-state index in [0.29, 0.717) is 47.7 Å². The molecule has 10 nitrogen and oxygen atoms in total. The van der Waals surface area contributed by atoms with E-state index in [-0.39, 0.29) is 23.0 Å². The van der Waals surface area contributed by atoms with Gasteiger partial charge in [-0.3, -0.25) is 9.59 Å². The van der Waals surface area contributed by atoms with E-state index in [1.54, 1.807) is 33.5 Å². The minimum Gasteiger partial charge on any atom is -0.497 e. The molecule has 0 spiro atoms. The smallest absolute Gasteiger partial charge is 0.257 e. The summed E-state index contributed by atoms with van der Waals surface area (Å²) in [6.45, 7) is 2.74. The van der Waals surface area contributed by atoms with Gasteiger partial charge in [0.25, 0.3) is 5.91 Å². The maximum absolute atomic E-state index is 13.2. The van der Waals surface area contributed by atoms with E-state index in [0.717, 1.165) is 24.5 Å². The highest BCUT2D eigenvalue weighted by molar-refractivity contribution is 7.71. The highest BCUT2D eigenvalue weighted by Gasteiger charge is 2.33. The predicted molar refractivity (Wildman–Crippen MR) is 143 cm³/mol. The van der Waals surface area contributed by atoms with E-state index in [2.05, 4.69) is 15.2 Å². The molecule has 0 aliphatic carbocycles. The number of rotatable bonds is 7. The molecule has 1 saturated heterocycles. The quantitative estimate of drug-likeness (QED) is 0.468. The minimum atomic E-state index is -0.566. The molecule has 0 unspecified atom stereocenters. The number of ether oxygens (including phenoxy) is 3. The van der Waals surface area contributed by atoms with Gasteiger partial charge < -0.3 is 29.3 Å². The number of fused-ring (bicyclic) bond motifs is 3. The normalized spacial score (nSPS) is 16.9. The van der Waals surface area contributed by atoms with Crippen molar-refractivity contribution >= 4 is 46.4 Å². The third-order valence-corrected chi connectivity index (χ3v) is 7.19. The topological polar surface area (TPSA) is 98.2 Å². The van der Waals surface area contributed by atoms with Crippen molar-refractivity contribution in [1.82, 2.24) is 14.5 Å². The van der Waals surface area contributed by atoms with Gasteiger partial charge in [-0.15, -0.1) is 0 Å². The molecule has 1 aromatic heterocycles. The average molecular weight is 524 g/mol. The van der Waals surface area contributed by atoms with Gasteiger partial charge in [-0.2, -0.15) is 0 Å². The molecule has 3 heterocycles. The SMILES string of the molecule is COc1cccc(N2CCN(C(=O)CC[C@H]3Nc4c5cc(OC)c(OC)cc5nc(=S)n4C3=O)CC2)c1. The van der Waals surface area contributed by atoms with Gasteiger partial charge in [-0.1, -0.05) is 6.07 Å². The Morgan fingerprint density at radius 2 is 1.78 bits per heavy atom. The van der Waals surface area contributed by atoms with Gasteiger partial charge in [0.2, 0.25) is 10.7 Å². The molecule has 3 aromatic rings. The van der Waals surface area contributed by atoms with Gasteiger partial charge in [-0.25, -0.2) is 9.55 Å². The number of piperazine rings is 1. The van der Waals surface area contributed by atoms with Gasteiger partial charge in [0.05, 0.1) is 26.8 Å². The molecule has 37 heavy (non-hydrogen) atoms. The highest BCUT2D eigenvalue weighted by Crippen LogP contribution is 2.37. The Kier molecular flexibility index (Phi) is 6.88. The van der Waals surface area contributed by atoms with Crippen molar-refractivity contribution in [2.24, 2.45) is 0 Å². The molecule has 1 N–H and O–H groups in total. The summed E-state index contributed by atoms with van der Waals surface area (Å²) in [4.78, 5) is 34.7. The molecule has 2 aliphatic rings. The summed E-state index contributed by atoms with van der Waals surface area (Å²) >= 11 is 5.41. The molecule has 1 atom stereocenters. The van der Waals surface area contributed by atoms with Crippen molar-refractivity contribution in [3.63, 3.8) is 0 Å². The zero-order valence-electron chi connectivity index (χ0n) is 21.0. The minimum absolute atomic E-state index is 0.0360. The molecule has 1 fully saturated rings. The molecule has 5 rings (SSSR count). The Morgan fingerprint density at radius 3 is 2.49 bits per heavy atom. The van der Waals surface area contributed by atoms with E-state index >= 15 is 0 Å². The van der Waals surface area contributed by atoms with E-state index in [1.165, 1.54) is 4.57 Å². The van der Waals surface area contributed by atoms with Gasteiger partial charge in [0.15, 0.2) is 11.5 Å². The van der Waals surface area contributed by atoms with Crippen LogP contribution in [0.25, 0.3) is 10.9 Å². The number of anilines is 2. The second-order valence-electron chi connectivity index (χ2n) is 8.95. The van der Waals surface area contributed by atoms with Crippen LogP contribution in [-0.2, 0) is 4.79 Å². The molecular weight excluding hydrogens is 494 g/mol. The highest BCUT2D eigenvalue weighted by atomic mass is 32.1. The summed E-state index contributed by atoms with van der Waals surface area (Å²) in [5.41, 5.74) is 1.68. The van der Waals surface area contributed by atoms with E-state index < -0.39 is 6.04 Å². The van der Waals surface area contributed by atoms with Crippen molar-refractivity contribution in [3.8, 4) is 17.2 Å². The maximum Gasteiger partial charge on any atom is 0.257 e. The van der Waals surface area contributed by atoms with Crippen LogP contribution < -0.4 is 24.4 Å². The largest absolute Gasteiger partial charge is 0.497 e. The van der Waals surface area contributed by atoms with Crippen LogP contribution in [0.5, 0.6) is 17.2 Å². The lowest BCUT2D eigenvalue weighted by Crippen LogP contribution is -2.49. The second kappa shape index (κ2) is 10.3. The van der Waals surface area contributed by atoms with Crippen LogP contribution in [0, 0.1) is 4.77 Å². The molecule has 2 aliphatic heterocycles. The maximum atomic E-state index is 13.2. The molecule has 2 aromatic carbocycles. The lowest BCUT2D eigenvalue weighted by atomic mass is 10.1. The summed E-state index contributed by atoms with van der Waals surface area (Å²) < 4.78 is 17.7. The van der Waals surface area contributed by atoms with Crippen LogP contribution in [0.3, 0.4) is 0 Å². The first-order valence-corrected chi connectivity index (χ1v) is 12.5. The molecule has 0 radical (unpaired) electrons. The van der Waals surface area contributed by atoms with Crippen LogP contribution >= 0.6 is 12.2 Å². The number of amides is 1. The van der Waals surface area contributed by atoms with E-state index in [4.69, 9.17) is 26.4 Å². The predicted octanol–water partition coefficient (Wildman–Crippen LogP) is 3.35. The number of methoxy groups -OCH3 is 3. The molecule has 194 valence electrons. The van der Waals surface area contributed by atoms with Crippen LogP contribution in [0.2, 0.25) is 0 Å². The van der Waals surface area contributed by atoms with Gasteiger partial charge in [0, 0.05) is 55.8 Å². The number of benzene rings is 2. The molecule has 0 saturated carbocycles. The second-order valence-corrected chi connectivity index (χ2v) is 9.31. The number of aromatic nitrogens is 2. The van der Waals surface area contributed by atoms with Crippen molar-refractivity contribution in [3.05, 3.63) is 41.2 Å². The fourth-order valence-corrected chi connectivity index (χ4v) is 5.17. The average Bonchev–Trinajstić information content (AvgIpc) is 3.27. The molecule has 11 heteroatoms. The Bertz CT molecular complexity index is 1420.